The van der Waals surface area contributed by atoms with Gasteiger partial charge < -0.3 is 5.73 Å². The summed E-state index contributed by atoms with van der Waals surface area (Å²) in [6.07, 6.45) is 1.03. The van der Waals surface area contributed by atoms with Gasteiger partial charge in [0.05, 0.1) is 0 Å². The van der Waals surface area contributed by atoms with Gasteiger partial charge in [-0.1, -0.05) is 32.1 Å². The Bertz CT molecular complexity index is 507. The zero-order valence-corrected chi connectivity index (χ0v) is 11.6. The minimum Gasteiger partial charge on any atom is -0.330 e. The van der Waals surface area contributed by atoms with Crippen molar-refractivity contribution in [3.63, 3.8) is 0 Å². The predicted octanol–water partition coefficient (Wildman–Crippen LogP) is 1.97. The number of nitrogens with two attached hydrogens (primary N) is 1. The second kappa shape index (κ2) is 4.34. The molecule has 0 amide bonds. The van der Waals surface area contributed by atoms with Crippen molar-refractivity contribution in [1.82, 2.24) is 19.8 Å². The quantitative estimate of drug-likeness (QED) is 0.908. The smallest absolute Gasteiger partial charge is 0.234 e. The molecule has 2 N–H and O–H groups in total. The SMILES string of the molecule is Cc1nnc2sc(C(CN)CC(C)(C)C)nn12. The molecule has 2 aromatic heterocycles. The normalized spacial score (nSPS) is 14.4. The molecule has 0 bridgehead atoms. The lowest BCUT2D eigenvalue weighted by Gasteiger charge is -2.23. The van der Waals surface area contributed by atoms with Gasteiger partial charge in [-0.3, -0.25) is 0 Å². The Morgan fingerprint density at radius 2 is 2.06 bits per heavy atom. The van der Waals surface area contributed by atoms with E-state index in [1.165, 1.54) is 0 Å². The van der Waals surface area contributed by atoms with Crippen molar-refractivity contribution >= 4 is 16.3 Å². The molecule has 5 nitrogen and oxygen atoms in total. The maximum absolute atomic E-state index is 5.86. The lowest BCUT2D eigenvalue weighted by atomic mass is 9.85. The van der Waals surface area contributed by atoms with E-state index in [-0.39, 0.29) is 5.41 Å². The van der Waals surface area contributed by atoms with Crippen LogP contribution >= 0.6 is 11.3 Å². The Hall–Kier alpha value is -1.01. The monoisotopic (exact) mass is 253 g/mol. The van der Waals surface area contributed by atoms with Crippen LogP contribution in [0.5, 0.6) is 0 Å². The van der Waals surface area contributed by atoms with Crippen LogP contribution in [0.15, 0.2) is 0 Å². The van der Waals surface area contributed by atoms with Crippen LogP contribution in [-0.4, -0.2) is 26.4 Å². The molecule has 0 aromatic carbocycles. The van der Waals surface area contributed by atoms with Gasteiger partial charge in [0.1, 0.15) is 5.01 Å². The van der Waals surface area contributed by atoms with Crippen LogP contribution in [0.1, 0.15) is 43.9 Å². The molecule has 17 heavy (non-hydrogen) atoms. The first kappa shape index (κ1) is 12.4. The highest BCUT2D eigenvalue weighted by Crippen LogP contribution is 2.32. The number of aromatic nitrogens is 4. The van der Waals surface area contributed by atoms with Crippen molar-refractivity contribution in [2.75, 3.05) is 6.54 Å². The zero-order chi connectivity index (χ0) is 12.6. The van der Waals surface area contributed by atoms with Crippen LogP contribution in [0, 0.1) is 12.3 Å². The van der Waals surface area contributed by atoms with E-state index in [4.69, 9.17) is 5.73 Å². The minimum atomic E-state index is 0.255. The van der Waals surface area contributed by atoms with Gasteiger partial charge in [0, 0.05) is 12.5 Å². The van der Waals surface area contributed by atoms with Crippen LogP contribution in [0.4, 0.5) is 0 Å². The zero-order valence-electron chi connectivity index (χ0n) is 10.8. The Morgan fingerprint density at radius 1 is 1.35 bits per heavy atom. The minimum absolute atomic E-state index is 0.255. The molecule has 94 valence electrons. The summed E-state index contributed by atoms with van der Waals surface area (Å²) in [4.78, 5) is 0.852. The van der Waals surface area contributed by atoms with Gasteiger partial charge in [-0.15, -0.1) is 10.2 Å². The number of nitrogens with zero attached hydrogens (tertiary/aromatic N) is 4. The Labute approximate surface area is 105 Å². The summed E-state index contributed by atoms with van der Waals surface area (Å²) < 4.78 is 1.80. The molecule has 0 radical (unpaired) electrons. The summed E-state index contributed by atoms with van der Waals surface area (Å²) >= 11 is 1.59. The summed E-state index contributed by atoms with van der Waals surface area (Å²) in [5.41, 5.74) is 6.12. The summed E-state index contributed by atoms with van der Waals surface area (Å²) in [6.45, 7) is 9.20. The van der Waals surface area contributed by atoms with Gasteiger partial charge in [0.15, 0.2) is 5.82 Å². The van der Waals surface area contributed by atoms with E-state index in [9.17, 15) is 0 Å². The molecule has 0 fully saturated rings. The lowest BCUT2D eigenvalue weighted by Crippen LogP contribution is -2.19. The topological polar surface area (TPSA) is 69.1 Å². The highest BCUT2D eigenvalue weighted by atomic mass is 32.1. The fourth-order valence-electron chi connectivity index (χ4n) is 1.91. The maximum Gasteiger partial charge on any atom is 0.234 e. The molecule has 2 rings (SSSR count). The third-order valence-corrected chi connectivity index (χ3v) is 3.72. The second-order valence-corrected chi connectivity index (χ2v) is 6.57. The molecule has 1 atom stereocenters. The van der Waals surface area contributed by atoms with Gasteiger partial charge >= 0.3 is 0 Å². The van der Waals surface area contributed by atoms with E-state index >= 15 is 0 Å². The number of rotatable bonds is 3. The molecule has 0 saturated carbocycles. The third-order valence-electron chi connectivity index (χ3n) is 2.65. The summed E-state index contributed by atoms with van der Waals surface area (Å²) in [5.74, 6) is 1.13. The van der Waals surface area contributed by atoms with E-state index in [1.54, 1.807) is 15.9 Å². The highest BCUT2D eigenvalue weighted by Gasteiger charge is 2.23. The Morgan fingerprint density at radius 3 is 2.59 bits per heavy atom. The first-order chi connectivity index (χ1) is 7.90. The summed E-state index contributed by atoms with van der Waals surface area (Å²) in [7, 11) is 0. The molecule has 2 aromatic rings. The summed E-state index contributed by atoms with van der Waals surface area (Å²) in [5, 5.41) is 13.7. The van der Waals surface area contributed by atoms with Crippen LogP contribution in [0.2, 0.25) is 0 Å². The van der Waals surface area contributed by atoms with E-state index in [2.05, 4.69) is 36.1 Å². The number of fused-ring (bicyclic) bond motifs is 1. The average Bonchev–Trinajstić information content (AvgIpc) is 2.76. The fraction of sp³-hybridized carbons (Fsp3) is 0.727. The molecular weight excluding hydrogens is 234 g/mol. The molecule has 1 unspecified atom stereocenters. The van der Waals surface area contributed by atoms with Crippen molar-refractivity contribution in [1.29, 1.82) is 0 Å². The fourth-order valence-corrected chi connectivity index (χ4v) is 2.90. The standard InChI is InChI=1S/C11H19N5S/c1-7-13-14-10-16(7)15-9(17-10)8(6-12)5-11(2,3)4/h8H,5-6,12H2,1-4H3. The predicted molar refractivity (Wildman–Crippen MR) is 69.3 cm³/mol. The molecule has 0 aliphatic heterocycles. The Kier molecular flexibility index (Phi) is 3.18. The number of hydrogen-bond donors (Lipinski definition) is 1. The van der Waals surface area contributed by atoms with Crippen LogP contribution < -0.4 is 5.73 Å². The van der Waals surface area contributed by atoms with Crippen molar-refractivity contribution in [3.05, 3.63) is 10.8 Å². The van der Waals surface area contributed by atoms with Crippen LogP contribution in [-0.2, 0) is 0 Å². The van der Waals surface area contributed by atoms with Crippen LogP contribution in [0.3, 0.4) is 0 Å². The lowest BCUT2D eigenvalue weighted by molar-refractivity contribution is 0.340. The second-order valence-electron chi connectivity index (χ2n) is 5.58. The maximum atomic E-state index is 5.86. The molecule has 0 aliphatic rings. The number of hydrogen-bond acceptors (Lipinski definition) is 5. The van der Waals surface area contributed by atoms with Gasteiger partial charge in [-0.05, 0) is 18.8 Å². The Balaban J connectivity index is 2.30. The number of aryl methyl sites for hydroxylation is 1. The van der Waals surface area contributed by atoms with E-state index in [0.29, 0.717) is 12.5 Å². The molecule has 6 heteroatoms. The highest BCUT2D eigenvalue weighted by molar-refractivity contribution is 7.16. The van der Waals surface area contributed by atoms with Crippen molar-refractivity contribution in [2.24, 2.45) is 11.1 Å². The van der Waals surface area contributed by atoms with Crippen molar-refractivity contribution < 1.29 is 0 Å². The van der Waals surface area contributed by atoms with E-state index in [0.717, 1.165) is 22.2 Å². The largest absolute Gasteiger partial charge is 0.330 e. The third kappa shape index (κ3) is 2.63. The van der Waals surface area contributed by atoms with Gasteiger partial charge in [0.25, 0.3) is 0 Å². The van der Waals surface area contributed by atoms with Gasteiger partial charge in [-0.2, -0.15) is 9.61 Å². The molecular formula is C11H19N5S. The molecule has 0 saturated heterocycles. The van der Waals surface area contributed by atoms with Crippen molar-refractivity contribution in [2.45, 2.75) is 40.0 Å². The van der Waals surface area contributed by atoms with Gasteiger partial charge in [-0.25, -0.2) is 0 Å². The van der Waals surface area contributed by atoms with Gasteiger partial charge in [0.2, 0.25) is 4.96 Å². The first-order valence-corrected chi connectivity index (χ1v) is 6.61. The first-order valence-electron chi connectivity index (χ1n) is 5.79. The summed E-state index contributed by atoms with van der Waals surface area (Å²) in [6, 6.07) is 0. The molecule has 2 heterocycles. The van der Waals surface area contributed by atoms with Crippen LogP contribution in [0.25, 0.3) is 4.96 Å². The van der Waals surface area contributed by atoms with E-state index < -0.39 is 0 Å². The van der Waals surface area contributed by atoms with Crippen molar-refractivity contribution in [3.8, 4) is 0 Å². The average molecular weight is 253 g/mol. The molecule has 0 spiro atoms. The van der Waals surface area contributed by atoms with E-state index in [1.807, 2.05) is 6.92 Å². The molecule has 0 aliphatic carbocycles.